The molecule has 5 heteroatoms. The Hall–Kier alpha value is -1.33. The Kier molecular flexibility index (Phi) is 6.66. The number of hydrogen-bond acceptors (Lipinski definition) is 4. The number of carbonyl (C=O) groups excluding carboxylic acids is 1. The van der Waals surface area contributed by atoms with E-state index in [9.17, 15) is 4.79 Å². The Balaban J connectivity index is 2.27. The highest BCUT2D eigenvalue weighted by Gasteiger charge is 2.23. The molecule has 0 bridgehead atoms. The first kappa shape index (κ1) is 18.0. The zero-order chi connectivity index (χ0) is 16.8. The van der Waals surface area contributed by atoms with Crippen LogP contribution in [0.4, 0.5) is 0 Å². The third kappa shape index (κ3) is 4.58. The molecule has 0 spiro atoms. The van der Waals surface area contributed by atoms with Gasteiger partial charge in [-0.25, -0.2) is 4.79 Å². The second-order valence-electron chi connectivity index (χ2n) is 5.85. The molecule has 1 aromatic rings. The fourth-order valence-corrected chi connectivity index (χ4v) is 3.46. The predicted molar refractivity (Wildman–Crippen MR) is 94.9 cm³/mol. The first-order valence-corrected chi connectivity index (χ1v) is 8.72. The Labute approximate surface area is 146 Å². The topological polar surface area (TPSA) is 47.6 Å². The zero-order valence-electron chi connectivity index (χ0n) is 13.9. The normalized spacial score (nSPS) is 18.1. The van der Waals surface area contributed by atoms with E-state index >= 15 is 0 Å². The highest BCUT2D eigenvalue weighted by Crippen LogP contribution is 2.28. The largest absolute Gasteiger partial charge is 0.465 e. The van der Waals surface area contributed by atoms with Crippen LogP contribution in [0.2, 0.25) is 0 Å². The third-order valence-corrected chi connectivity index (χ3v) is 5.02. The Morgan fingerprint density at radius 2 is 2.00 bits per heavy atom. The van der Waals surface area contributed by atoms with Crippen molar-refractivity contribution in [1.29, 1.82) is 0 Å². The smallest absolute Gasteiger partial charge is 0.340 e. The van der Waals surface area contributed by atoms with E-state index in [2.05, 4.69) is 28.2 Å². The number of methoxy groups -OCH3 is 1. The van der Waals surface area contributed by atoms with Gasteiger partial charge in [-0.1, -0.05) is 34.1 Å². The number of ether oxygens (including phenoxy) is 2. The van der Waals surface area contributed by atoms with Crippen LogP contribution in [0.3, 0.4) is 0 Å². The summed E-state index contributed by atoms with van der Waals surface area (Å²) in [5.74, 6) is 0.220. The van der Waals surface area contributed by atoms with Crippen LogP contribution in [-0.2, 0) is 14.3 Å². The number of carbonyl (C=O) groups is 1. The van der Waals surface area contributed by atoms with Gasteiger partial charge in [0.2, 0.25) is 0 Å². The summed E-state index contributed by atoms with van der Waals surface area (Å²) in [7, 11) is 1.41. The minimum atomic E-state index is -0.332. The Morgan fingerprint density at radius 1 is 1.35 bits per heavy atom. The van der Waals surface area contributed by atoms with Gasteiger partial charge in [-0.05, 0) is 38.7 Å². The summed E-state index contributed by atoms with van der Waals surface area (Å²) in [4.78, 5) is 12.3. The molecular formula is C18H24BrNO3. The van der Waals surface area contributed by atoms with E-state index in [1.165, 1.54) is 7.11 Å². The summed E-state index contributed by atoms with van der Waals surface area (Å²) in [6.07, 6.45) is 2.09. The number of halogens is 1. The molecule has 1 atom stereocenters. The molecule has 2 rings (SSSR count). The van der Waals surface area contributed by atoms with Crippen molar-refractivity contribution in [2.75, 3.05) is 20.3 Å². The maximum Gasteiger partial charge on any atom is 0.340 e. The molecule has 0 radical (unpaired) electrons. The van der Waals surface area contributed by atoms with Gasteiger partial charge in [0.25, 0.3) is 0 Å². The monoisotopic (exact) mass is 381 g/mol. The molecule has 0 amide bonds. The molecule has 1 aliphatic heterocycles. The minimum Gasteiger partial charge on any atom is -0.465 e. The van der Waals surface area contributed by atoms with Crippen molar-refractivity contribution in [3.63, 3.8) is 0 Å². The fourth-order valence-electron chi connectivity index (χ4n) is 2.98. The van der Waals surface area contributed by atoms with E-state index in [-0.39, 0.29) is 12.0 Å². The van der Waals surface area contributed by atoms with Crippen molar-refractivity contribution < 1.29 is 14.3 Å². The summed E-state index contributed by atoms with van der Waals surface area (Å²) in [5.41, 5.74) is 2.24. The van der Waals surface area contributed by atoms with Crippen molar-refractivity contribution in [3.8, 4) is 0 Å². The molecule has 1 saturated heterocycles. The van der Waals surface area contributed by atoms with Gasteiger partial charge in [-0.3, -0.25) is 0 Å². The standard InChI is InChI=1S/C18H24BrNO3/c1-12(14-8-10-23-11-9-14)20-13(2)17(18(21)22-3)15-6-4-5-7-16(15)19/h4-7,12,14,20H,8-11H2,1-3H3. The summed E-state index contributed by atoms with van der Waals surface area (Å²) >= 11 is 3.52. The Morgan fingerprint density at radius 3 is 2.61 bits per heavy atom. The lowest BCUT2D eigenvalue weighted by atomic mass is 9.92. The van der Waals surface area contributed by atoms with Crippen LogP contribution in [0, 0.1) is 5.92 Å². The molecule has 0 saturated carbocycles. The van der Waals surface area contributed by atoms with Crippen molar-refractivity contribution in [2.45, 2.75) is 32.7 Å². The van der Waals surface area contributed by atoms with Crippen molar-refractivity contribution in [3.05, 3.63) is 40.0 Å². The molecule has 126 valence electrons. The SMILES string of the molecule is COC(=O)C(=C(C)NC(C)C1CCOCC1)c1ccccc1Br. The number of hydrogen-bond donors (Lipinski definition) is 1. The number of benzene rings is 1. The molecule has 1 aromatic carbocycles. The molecule has 0 aliphatic carbocycles. The van der Waals surface area contributed by atoms with Gasteiger partial charge in [0.15, 0.2) is 0 Å². The highest BCUT2D eigenvalue weighted by molar-refractivity contribution is 9.10. The highest BCUT2D eigenvalue weighted by atomic mass is 79.9. The maximum absolute atomic E-state index is 12.3. The second-order valence-corrected chi connectivity index (χ2v) is 6.71. The summed E-state index contributed by atoms with van der Waals surface area (Å²) < 4.78 is 11.3. The molecular weight excluding hydrogens is 358 g/mol. The van der Waals surface area contributed by atoms with Gasteiger partial charge >= 0.3 is 5.97 Å². The van der Waals surface area contributed by atoms with E-state index in [1.54, 1.807) is 0 Å². The third-order valence-electron chi connectivity index (χ3n) is 4.32. The van der Waals surface area contributed by atoms with E-state index in [4.69, 9.17) is 9.47 Å². The predicted octanol–water partition coefficient (Wildman–Crippen LogP) is 3.76. The molecule has 1 heterocycles. The number of esters is 1. The van der Waals surface area contributed by atoms with Crippen LogP contribution in [-0.4, -0.2) is 32.3 Å². The fraction of sp³-hybridized carbons (Fsp3) is 0.500. The van der Waals surface area contributed by atoms with Gasteiger partial charge in [0.1, 0.15) is 0 Å². The van der Waals surface area contributed by atoms with Gasteiger partial charge in [-0.15, -0.1) is 0 Å². The van der Waals surface area contributed by atoms with Crippen LogP contribution in [0.5, 0.6) is 0 Å². The van der Waals surface area contributed by atoms with Crippen molar-refractivity contribution >= 4 is 27.5 Å². The minimum absolute atomic E-state index is 0.279. The first-order chi connectivity index (χ1) is 11.0. The number of nitrogens with one attached hydrogen (secondary N) is 1. The van der Waals surface area contributed by atoms with Crippen LogP contribution in [0.1, 0.15) is 32.3 Å². The molecule has 4 nitrogen and oxygen atoms in total. The van der Waals surface area contributed by atoms with Crippen LogP contribution in [0.15, 0.2) is 34.4 Å². The lowest BCUT2D eigenvalue weighted by Crippen LogP contribution is -2.36. The van der Waals surface area contributed by atoms with Gasteiger partial charge in [0, 0.05) is 35.0 Å². The molecule has 1 N–H and O–H groups in total. The van der Waals surface area contributed by atoms with Gasteiger partial charge in [-0.2, -0.15) is 0 Å². The Bertz CT molecular complexity index is 579. The van der Waals surface area contributed by atoms with Crippen LogP contribution < -0.4 is 5.32 Å². The first-order valence-electron chi connectivity index (χ1n) is 7.93. The lowest BCUT2D eigenvalue weighted by Gasteiger charge is -2.30. The molecule has 0 aromatic heterocycles. The second kappa shape index (κ2) is 8.50. The lowest BCUT2D eigenvalue weighted by molar-refractivity contribution is -0.133. The van der Waals surface area contributed by atoms with Gasteiger partial charge < -0.3 is 14.8 Å². The molecule has 1 aliphatic rings. The number of allylic oxidation sites excluding steroid dienone is 1. The van der Waals surface area contributed by atoms with E-state index < -0.39 is 0 Å². The molecule has 1 unspecified atom stereocenters. The molecule has 23 heavy (non-hydrogen) atoms. The summed E-state index contributed by atoms with van der Waals surface area (Å²) in [6, 6.07) is 7.96. The summed E-state index contributed by atoms with van der Waals surface area (Å²) in [6.45, 7) is 5.72. The van der Waals surface area contributed by atoms with E-state index in [0.29, 0.717) is 11.5 Å². The molecule has 1 fully saturated rings. The quantitative estimate of drug-likeness (QED) is 0.622. The van der Waals surface area contributed by atoms with E-state index in [1.807, 2.05) is 31.2 Å². The van der Waals surface area contributed by atoms with Gasteiger partial charge in [0.05, 0.1) is 12.7 Å². The van der Waals surface area contributed by atoms with Crippen LogP contribution in [0.25, 0.3) is 5.57 Å². The average molecular weight is 382 g/mol. The van der Waals surface area contributed by atoms with Crippen molar-refractivity contribution in [1.82, 2.24) is 5.32 Å². The average Bonchev–Trinajstić information content (AvgIpc) is 2.57. The van der Waals surface area contributed by atoms with E-state index in [0.717, 1.165) is 41.8 Å². The zero-order valence-corrected chi connectivity index (χ0v) is 15.5. The maximum atomic E-state index is 12.3. The van der Waals surface area contributed by atoms with Crippen molar-refractivity contribution in [2.24, 2.45) is 5.92 Å². The van der Waals surface area contributed by atoms with Crippen LogP contribution >= 0.6 is 15.9 Å². The summed E-state index contributed by atoms with van der Waals surface area (Å²) in [5, 5.41) is 3.49. The number of rotatable bonds is 5.